The molecule has 7 heteroatoms. The second-order valence-corrected chi connectivity index (χ2v) is 0. The van der Waals surface area contributed by atoms with E-state index in [2.05, 4.69) is 0 Å². The first-order valence-corrected chi connectivity index (χ1v) is 0. The van der Waals surface area contributed by atoms with Crippen LogP contribution in [-0.4, -0.2) is 48.9 Å². The zero-order chi connectivity index (χ0) is 0. The van der Waals surface area contributed by atoms with E-state index in [9.17, 15) is 0 Å². The van der Waals surface area contributed by atoms with E-state index >= 15 is 0 Å². The van der Waals surface area contributed by atoms with E-state index in [4.69, 9.17) is 0 Å². The molecule has 0 atom stereocenters. The summed E-state index contributed by atoms with van der Waals surface area (Å²) >= 11 is 0. The van der Waals surface area contributed by atoms with Crippen LogP contribution in [0.4, 0.5) is 0 Å². The average Bonchev–Trinajstić information content (AvgIpc) is 0. The molecule has 0 unspecified atom stereocenters. The van der Waals surface area contributed by atoms with Gasteiger partial charge in [-0.25, -0.2) is 0 Å². The summed E-state index contributed by atoms with van der Waals surface area (Å²) in [7, 11) is 0. The third-order valence-corrected chi connectivity index (χ3v) is 0. The summed E-state index contributed by atoms with van der Waals surface area (Å²) in [4.78, 5) is 0. The first kappa shape index (κ1) is 72.9. The molecule has 0 aliphatic carbocycles. The molecular weight excluding hydrogens is 362 g/mol. The van der Waals surface area contributed by atoms with Crippen LogP contribution in [0.3, 0.4) is 0 Å². The molecule has 0 saturated heterocycles. The van der Waals surface area contributed by atoms with Crippen molar-refractivity contribution in [1.29, 1.82) is 0 Å². The largest absolute Gasteiger partial charge is 0 e. The molecule has 0 amide bonds. The van der Waals surface area contributed by atoms with Crippen LogP contribution in [0.25, 0.3) is 0 Å². The van der Waals surface area contributed by atoms with Crippen LogP contribution in [0.2, 0.25) is 0 Å². The molecule has 0 rings (SSSR count). The molecule has 0 radical (unpaired) electrons. The van der Waals surface area contributed by atoms with E-state index in [-0.39, 0.29) is 133 Å². The third kappa shape index (κ3) is 41.7. The molecule has 0 aliphatic heterocycles. The SMILES string of the molecule is Cl.Cl.Cl.Cl.Cl.[BaH2].[Ti]. The summed E-state index contributed by atoms with van der Waals surface area (Å²) in [6.07, 6.45) is 0. The molecule has 0 nitrogen and oxygen atoms in total. The summed E-state index contributed by atoms with van der Waals surface area (Å²) in [6.45, 7) is 0. The predicted octanol–water partition coefficient (Wildman–Crippen LogP) is 1.19. The minimum Gasteiger partial charge on any atom is 0 e. The van der Waals surface area contributed by atoms with Gasteiger partial charge in [0.1, 0.15) is 0 Å². The minimum atomic E-state index is 0. The normalized spacial score (nSPS) is 0. The quantitative estimate of drug-likeness (QED) is 0.563. The zero-order valence-electron chi connectivity index (χ0n) is 2.54. The Morgan fingerprint density at radius 1 is 0.429 bits per heavy atom. The topological polar surface area (TPSA) is 0 Å². The van der Waals surface area contributed by atoms with E-state index in [0.29, 0.717) is 0 Å². The molecule has 0 heterocycles. The van der Waals surface area contributed by atoms with Gasteiger partial charge in [-0.3, -0.25) is 0 Å². The van der Waals surface area contributed by atoms with E-state index in [1.807, 2.05) is 0 Å². The van der Waals surface area contributed by atoms with Gasteiger partial charge in [-0.15, -0.1) is 62.0 Å². The van der Waals surface area contributed by atoms with Gasteiger partial charge in [-0.2, -0.15) is 0 Å². The number of halogens is 5. The monoisotopic (exact) mass is 368 g/mol. The van der Waals surface area contributed by atoms with E-state index in [0.717, 1.165) is 0 Å². The smallest absolute Gasteiger partial charge is 0 e. The molecule has 0 spiro atoms. The van der Waals surface area contributed by atoms with Gasteiger partial charge in [0.2, 0.25) is 0 Å². The molecule has 0 aromatic carbocycles. The fourth-order valence-electron chi connectivity index (χ4n) is 0. The Morgan fingerprint density at radius 3 is 0.429 bits per heavy atom. The third-order valence-electron chi connectivity index (χ3n) is 0. The van der Waals surface area contributed by atoms with Crippen LogP contribution in [0.5, 0.6) is 0 Å². The van der Waals surface area contributed by atoms with Crippen molar-refractivity contribution in [1.82, 2.24) is 0 Å². The van der Waals surface area contributed by atoms with Gasteiger partial charge in [-0.1, -0.05) is 0 Å². The van der Waals surface area contributed by atoms with Gasteiger partial charge in [0.05, 0.1) is 0 Å². The van der Waals surface area contributed by atoms with Crippen molar-refractivity contribution in [3.8, 4) is 0 Å². The van der Waals surface area contributed by atoms with Crippen molar-refractivity contribution in [3.05, 3.63) is 0 Å². The molecule has 0 bridgehead atoms. The van der Waals surface area contributed by atoms with Crippen LogP contribution in [0.15, 0.2) is 0 Å². The second-order valence-electron chi connectivity index (χ2n) is 0. The molecule has 0 aromatic heterocycles. The Kier molecular flexibility index (Phi) is 555. The molecular formula is H7BaCl5Ti. The standard InChI is InChI=1S/Ba.5ClH.Ti.2H/h;5*1H;;;. The zero-order valence-corrected chi connectivity index (χ0v) is 8.19. The Balaban J connectivity index is 0. The maximum atomic E-state index is 0. The average molecular weight is 370 g/mol. The van der Waals surface area contributed by atoms with E-state index in [1.54, 1.807) is 0 Å². The first-order valence-electron chi connectivity index (χ1n) is 0. The number of rotatable bonds is 0. The van der Waals surface area contributed by atoms with E-state index in [1.165, 1.54) is 0 Å². The van der Waals surface area contributed by atoms with Crippen molar-refractivity contribution < 1.29 is 21.7 Å². The van der Waals surface area contributed by atoms with Crippen LogP contribution < -0.4 is 0 Å². The fourth-order valence-corrected chi connectivity index (χ4v) is 0. The van der Waals surface area contributed by atoms with Crippen LogP contribution in [0.1, 0.15) is 0 Å². The second kappa shape index (κ2) is 53.2. The maximum Gasteiger partial charge on any atom is 0 e. The molecule has 48 valence electrons. The Bertz CT molecular complexity index is 8.04. The van der Waals surface area contributed by atoms with Crippen molar-refractivity contribution in [2.75, 3.05) is 0 Å². The van der Waals surface area contributed by atoms with E-state index < -0.39 is 0 Å². The van der Waals surface area contributed by atoms with Crippen molar-refractivity contribution >= 4 is 111 Å². The van der Waals surface area contributed by atoms with Gasteiger partial charge in [-0.05, 0) is 0 Å². The van der Waals surface area contributed by atoms with Crippen molar-refractivity contribution in [2.24, 2.45) is 0 Å². The summed E-state index contributed by atoms with van der Waals surface area (Å²) < 4.78 is 0. The Labute approximate surface area is 130 Å². The minimum absolute atomic E-state index is 0. The number of hydrogen-bond donors (Lipinski definition) is 0. The predicted molar refractivity (Wildman–Crippen MR) is 44.8 cm³/mol. The van der Waals surface area contributed by atoms with Gasteiger partial charge in [0, 0.05) is 21.7 Å². The number of hydrogen-bond acceptors (Lipinski definition) is 0. The van der Waals surface area contributed by atoms with Crippen LogP contribution in [0, 0.1) is 0 Å². The molecule has 0 saturated carbocycles. The maximum absolute atomic E-state index is 0. The van der Waals surface area contributed by atoms with Crippen molar-refractivity contribution in [2.45, 2.75) is 0 Å². The first-order chi connectivity index (χ1) is 0. The molecule has 0 fully saturated rings. The summed E-state index contributed by atoms with van der Waals surface area (Å²) in [5, 5.41) is 0. The van der Waals surface area contributed by atoms with Gasteiger partial charge >= 0.3 is 48.9 Å². The molecule has 0 aromatic rings. The fraction of sp³-hybridized carbons (Fsp3) is 0. The molecule has 0 N–H and O–H groups in total. The van der Waals surface area contributed by atoms with Gasteiger partial charge in [0.25, 0.3) is 0 Å². The Morgan fingerprint density at radius 2 is 0.429 bits per heavy atom. The molecule has 7 heavy (non-hydrogen) atoms. The van der Waals surface area contributed by atoms with Crippen LogP contribution in [-0.2, 0) is 21.7 Å². The summed E-state index contributed by atoms with van der Waals surface area (Å²) in [5.74, 6) is 0. The van der Waals surface area contributed by atoms with Crippen LogP contribution >= 0.6 is 62.0 Å². The van der Waals surface area contributed by atoms with Crippen molar-refractivity contribution in [3.63, 3.8) is 0 Å². The molecule has 0 aliphatic rings. The summed E-state index contributed by atoms with van der Waals surface area (Å²) in [5.41, 5.74) is 0. The van der Waals surface area contributed by atoms with Gasteiger partial charge < -0.3 is 0 Å². The van der Waals surface area contributed by atoms with Gasteiger partial charge in [0.15, 0.2) is 0 Å². The summed E-state index contributed by atoms with van der Waals surface area (Å²) in [6, 6.07) is 0. The Hall–Kier alpha value is 3.74.